The molecule has 0 aromatic heterocycles. The second-order valence-electron chi connectivity index (χ2n) is 10.4. The van der Waals surface area contributed by atoms with Gasteiger partial charge in [-0.1, -0.05) is 45.0 Å². The molecule has 6 nitrogen and oxygen atoms in total. The van der Waals surface area contributed by atoms with E-state index >= 15 is 0 Å². The molecule has 0 bridgehead atoms. The molecule has 7 heteroatoms. The van der Waals surface area contributed by atoms with Gasteiger partial charge in [0, 0.05) is 20.1 Å². The summed E-state index contributed by atoms with van der Waals surface area (Å²) < 4.78 is 22.9. The van der Waals surface area contributed by atoms with Crippen molar-refractivity contribution in [3.05, 3.63) is 29.8 Å². The van der Waals surface area contributed by atoms with Crippen molar-refractivity contribution in [2.24, 2.45) is 5.41 Å². The molecule has 1 N–H and O–H groups in total. The highest BCUT2D eigenvalue weighted by molar-refractivity contribution is 6.62. The molecule has 1 aromatic carbocycles. The molecule has 1 saturated heterocycles. The lowest BCUT2D eigenvalue weighted by molar-refractivity contribution is -0.00229. The van der Waals surface area contributed by atoms with E-state index < -0.39 is 0 Å². The highest BCUT2D eigenvalue weighted by Crippen LogP contribution is 2.36. The van der Waals surface area contributed by atoms with E-state index in [1.807, 2.05) is 0 Å². The first-order valence-corrected chi connectivity index (χ1v) is 11.2. The van der Waals surface area contributed by atoms with Gasteiger partial charge in [-0.15, -0.1) is 0 Å². The maximum absolute atomic E-state index is 11.9. The number of carbonyl (C=O) groups is 1. The lowest BCUT2D eigenvalue weighted by Gasteiger charge is -2.32. The summed E-state index contributed by atoms with van der Waals surface area (Å²) in [5, 5.41) is 2.82. The minimum atomic E-state index is -0.375. The Morgan fingerprint density at radius 1 is 1.10 bits per heavy atom. The molecule has 0 aliphatic carbocycles. The number of benzene rings is 1. The largest absolute Gasteiger partial charge is 0.494 e. The van der Waals surface area contributed by atoms with Gasteiger partial charge in [0.2, 0.25) is 0 Å². The van der Waals surface area contributed by atoms with Crippen LogP contribution in [0.1, 0.15) is 66.9 Å². The third kappa shape index (κ3) is 7.23. The van der Waals surface area contributed by atoms with Gasteiger partial charge in [0.15, 0.2) is 0 Å². The summed E-state index contributed by atoms with van der Waals surface area (Å²) in [5.74, 6) is 0. The smallest absolute Gasteiger partial charge is 0.449 e. The molecule has 0 radical (unpaired) electrons. The summed E-state index contributed by atoms with van der Waals surface area (Å²) in [5.41, 5.74) is 1.58. The van der Waals surface area contributed by atoms with Crippen molar-refractivity contribution < 1.29 is 23.6 Å². The third-order valence-corrected chi connectivity index (χ3v) is 6.28. The lowest BCUT2D eigenvalue weighted by Crippen LogP contribution is -2.41. The Morgan fingerprint density at radius 3 is 2.19 bits per heavy atom. The Balaban J connectivity index is 1.67. The molecule has 1 amide bonds. The van der Waals surface area contributed by atoms with Gasteiger partial charge in [-0.25, -0.2) is 4.79 Å². The number of rotatable bonds is 9. The second kappa shape index (κ2) is 10.4. The lowest BCUT2D eigenvalue weighted by atomic mass is 9.78. The van der Waals surface area contributed by atoms with Crippen LogP contribution in [0.5, 0.6) is 0 Å². The molecule has 174 valence electrons. The molecule has 2 rings (SSSR count). The van der Waals surface area contributed by atoms with E-state index in [1.165, 1.54) is 5.56 Å². The average molecular weight is 433 g/mol. The van der Waals surface area contributed by atoms with Crippen molar-refractivity contribution in [2.45, 2.75) is 85.0 Å². The number of ether oxygens (including phenoxy) is 2. The van der Waals surface area contributed by atoms with Crippen LogP contribution in [0.25, 0.3) is 0 Å². The fraction of sp³-hybridized carbons (Fsp3) is 0.708. The quantitative estimate of drug-likeness (QED) is 0.469. The zero-order valence-corrected chi connectivity index (χ0v) is 20.5. The first-order chi connectivity index (χ1) is 14.4. The van der Waals surface area contributed by atoms with E-state index in [0.29, 0.717) is 19.6 Å². The summed E-state index contributed by atoms with van der Waals surface area (Å²) in [4.78, 5) is 11.9. The molecule has 1 heterocycles. The van der Waals surface area contributed by atoms with Crippen LogP contribution < -0.4 is 10.8 Å². The zero-order valence-electron chi connectivity index (χ0n) is 20.5. The molecular formula is C24H40BNO5. The Hall–Kier alpha value is -1.57. The van der Waals surface area contributed by atoms with Crippen LogP contribution >= 0.6 is 0 Å². The average Bonchev–Trinajstić information content (AvgIpc) is 2.89. The Bertz CT molecular complexity index is 696. The van der Waals surface area contributed by atoms with E-state index in [-0.39, 0.29) is 35.9 Å². The van der Waals surface area contributed by atoms with E-state index in [0.717, 1.165) is 18.3 Å². The molecule has 1 aromatic rings. The van der Waals surface area contributed by atoms with Gasteiger partial charge in [-0.3, -0.25) is 0 Å². The van der Waals surface area contributed by atoms with Crippen molar-refractivity contribution in [3.63, 3.8) is 0 Å². The van der Waals surface area contributed by atoms with Gasteiger partial charge in [0.25, 0.3) is 0 Å². The van der Waals surface area contributed by atoms with Crippen molar-refractivity contribution in [1.29, 1.82) is 0 Å². The number of amides is 1. The SMILES string of the molecule is COC(CCOC(=O)NCCCc1ccc(B2OC(C)(C)C(C)(C)O2)cc1)C(C)(C)C. The van der Waals surface area contributed by atoms with Crippen LogP contribution in [0, 0.1) is 5.41 Å². The molecule has 31 heavy (non-hydrogen) atoms. The Morgan fingerprint density at radius 2 is 1.68 bits per heavy atom. The maximum Gasteiger partial charge on any atom is 0.494 e. The minimum absolute atomic E-state index is 0.0204. The van der Waals surface area contributed by atoms with Crippen LogP contribution in [0.15, 0.2) is 24.3 Å². The molecule has 0 saturated carbocycles. The van der Waals surface area contributed by atoms with Crippen molar-refractivity contribution in [1.82, 2.24) is 5.32 Å². The zero-order chi connectivity index (χ0) is 23.3. The summed E-state index contributed by atoms with van der Waals surface area (Å²) >= 11 is 0. The van der Waals surface area contributed by atoms with Crippen LogP contribution in [0.3, 0.4) is 0 Å². The van der Waals surface area contributed by atoms with Crippen molar-refractivity contribution >= 4 is 18.7 Å². The van der Waals surface area contributed by atoms with Gasteiger partial charge in [-0.2, -0.15) is 0 Å². The first-order valence-electron chi connectivity index (χ1n) is 11.2. The summed E-state index contributed by atoms with van der Waals surface area (Å²) in [6, 6.07) is 8.30. The third-order valence-electron chi connectivity index (χ3n) is 6.28. The molecule has 1 atom stereocenters. The molecule has 1 aliphatic heterocycles. The van der Waals surface area contributed by atoms with Crippen LogP contribution in [0.2, 0.25) is 0 Å². The first kappa shape index (κ1) is 25.7. The molecule has 1 unspecified atom stereocenters. The van der Waals surface area contributed by atoms with E-state index in [2.05, 4.69) is 78.0 Å². The number of nitrogens with one attached hydrogen (secondary N) is 1. The summed E-state index contributed by atoms with van der Waals surface area (Å²) in [6.07, 6.45) is 2.08. The number of carbonyl (C=O) groups excluding carboxylic acids is 1. The van der Waals surface area contributed by atoms with Gasteiger partial charge in [-0.05, 0) is 57.0 Å². The summed E-state index contributed by atoms with van der Waals surface area (Å²) in [7, 11) is 1.35. The number of aryl methyl sites for hydroxylation is 1. The number of hydrogen-bond acceptors (Lipinski definition) is 5. The fourth-order valence-corrected chi connectivity index (χ4v) is 3.52. The van der Waals surface area contributed by atoms with Gasteiger partial charge >= 0.3 is 13.2 Å². The molecule has 1 aliphatic rings. The van der Waals surface area contributed by atoms with E-state index in [4.69, 9.17) is 18.8 Å². The topological polar surface area (TPSA) is 66.0 Å². The number of hydrogen-bond donors (Lipinski definition) is 1. The van der Waals surface area contributed by atoms with Crippen LogP contribution in [0.4, 0.5) is 4.79 Å². The van der Waals surface area contributed by atoms with Crippen molar-refractivity contribution in [2.75, 3.05) is 20.3 Å². The van der Waals surface area contributed by atoms with Gasteiger partial charge < -0.3 is 24.1 Å². The van der Waals surface area contributed by atoms with E-state index in [9.17, 15) is 4.79 Å². The minimum Gasteiger partial charge on any atom is -0.449 e. The number of alkyl carbamates (subject to hydrolysis) is 1. The number of methoxy groups -OCH3 is 1. The van der Waals surface area contributed by atoms with Crippen LogP contribution in [-0.2, 0) is 25.2 Å². The fourth-order valence-electron chi connectivity index (χ4n) is 3.52. The molecule has 0 spiro atoms. The second-order valence-corrected chi connectivity index (χ2v) is 10.4. The highest BCUT2D eigenvalue weighted by Gasteiger charge is 2.51. The standard InChI is InChI=1S/C24H40BNO5/c1-22(2,3)20(28-8)15-17-29-21(27)26-16-9-10-18-11-13-19(14-12-18)25-30-23(4,5)24(6,7)31-25/h11-14,20H,9-10,15-17H2,1-8H3,(H,26,27). The highest BCUT2D eigenvalue weighted by atomic mass is 16.7. The predicted octanol–water partition coefficient (Wildman–Crippen LogP) is 4.10. The van der Waals surface area contributed by atoms with Gasteiger partial charge in [0.05, 0.1) is 23.9 Å². The van der Waals surface area contributed by atoms with Crippen molar-refractivity contribution in [3.8, 4) is 0 Å². The van der Waals surface area contributed by atoms with Crippen LogP contribution in [-0.4, -0.2) is 50.8 Å². The summed E-state index contributed by atoms with van der Waals surface area (Å²) in [6.45, 7) is 15.5. The normalized spacial score (nSPS) is 18.6. The monoisotopic (exact) mass is 433 g/mol. The Kier molecular flexibility index (Phi) is 8.59. The predicted molar refractivity (Wildman–Crippen MR) is 125 cm³/mol. The molecule has 1 fully saturated rings. The molecular weight excluding hydrogens is 393 g/mol. The van der Waals surface area contributed by atoms with E-state index in [1.54, 1.807) is 7.11 Å². The Labute approximate surface area is 188 Å². The van der Waals surface area contributed by atoms with Gasteiger partial charge in [0.1, 0.15) is 0 Å². The maximum atomic E-state index is 11.9.